The maximum absolute atomic E-state index is 12.6. The zero-order chi connectivity index (χ0) is 21.6. The number of ether oxygens (including phenoxy) is 1. The van der Waals surface area contributed by atoms with Crippen LogP contribution in [0.4, 0.5) is 0 Å². The summed E-state index contributed by atoms with van der Waals surface area (Å²) in [6, 6.07) is 9.24. The number of amides is 2. The number of nitrogens with one attached hydrogen (secondary N) is 1. The second-order valence-corrected chi connectivity index (χ2v) is 8.70. The first-order valence-corrected chi connectivity index (χ1v) is 10.4. The van der Waals surface area contributed by atoms with Gasteiger partial charge in [0.05, 0.1) is 18.0 Å². The third kappa shape index (κ3) is 3.40. The van der Waals surface area contributed by atoms with Crippen molar-refractivity contribution in [2.75, 3.05) is 12.5 Å². The van der Waals surface area contributed by atoms with Crippen LogP contribution < -0.4 is 20.7 Å². The van der Waals surface area contributed by atoms with E-state index >= 15 is 0 Å². The first kappa shape index (κ1) is 20.3. The smallest absolute Gasteiger partial charge is 0.279 e. The molecule has 0 spiro atoms. The van der Waals surface area contributed by atoms with Gasteiger partial charge >= 0.3 is 0 Å². The molecule has 0 saturated heterocycles. The van der Waals surface area contributed by atoms with Crippen molar-refractivity contribution < 1.29 is 24.5 Å². The van der Waals surface area contributed by atoms with Gasteiger partial charge in [-0.05, 0) is 42.5 Å². The molecule has 0 atom stereocenters. The SMILES string of the molecule is COc1cc(C(=O)Nn2c(O)c(C3=c4ccc(Br)cc4=NC3=O)sc2=S)ccc1O. The molecule has 11 heteroatoms. The van der Waals surface area contributed by atoms with E-state index in [0.717, 1.165) is 20.5 Å². The summed E-state index contributed by atoms with van der Waals surface area (Å²) < 4.78 is 6.92. The monoisotopic (exact) mass is 505 g/mol. The molecule has 0 fully saturated rings. The van der Waals surface area contributed by atoms with Crippen molar-refractivity contribution in [2.24, 2.45) is 4.99 Å². The number of fused-ring (bicyclic) bond motifs is 1. The number of benzene rings is 2. The Bertz CT molecular complexity index is 1410. The highest BCUT2D eigenvalue weighted by Gasteiger charge is 2.26. The Balaban J connectivity index is 1.75. The minimum atomic E-state index is -0.596. The van der Waals surface area contributed by atoms with Gasteiger partial charge in [0.15, 0.2) is 15.5 Å². The van der Waals surface area contributed by atoms with E-state index in [1.54, 1.807) is 18.2 Å². The standard InChI is InChI=1S/C19H12BrN3O5S2/c1-28-13-6-8(2-5-12(13)24)16(25)22-23-18(27)15(30-19(23)29)14-10-4-3-9(20)7-11(10)21-17(14)26/h2-7,24,27H,1H3,(H,22,25). The van der Waals surface area contributed by atoms with Crippen LogP contribution in [0.2, 0.25) is 0 Å². The lowest BCUT2D eigenvalue weighted by atomic mass is 10.1. The van der Waals surface area contributed by atoms with Crippen molar-refractivity contribution in [1.82, 2.24) is 4.68 Å². The van der Waals surface area contributed by atoms with E-state index in [1.165, 1.54) is 25.3 Å². The number of carbonyl (C=O) groups is 2. The fourth-order valence-electron chi connectivity index (χ4n) is 2.92. The molecule has 1 aromatic heterocycles. The first-order valence-electron chi connectivity index (χ1n) is 8.36. The van der Waals surface area contributed by atoms with Crippen LogP contribution in [0.5, 0.6) is 17.4 Å². The topological polar surface area (TPSA) is 113 Å². The summed E-state index contributed by atoms with van der Waals surface area (Å²) in [5.74, 6) is -1.47. The number of nitrogens with zero attached hydrogens (tertiary/aromatic N) is 2. The number of hydrogen-bond acceptors (Lipinski definition) is 7. The molecular formula is C19H12BrN3O5S2. The van der Waals surface area contributed by atoms with Crippen LogP contribution >= 0.6 is 39.5 Å². The highest BCUT2D eigenvalue weighted by molar-refractivity contribution is 9.10. The molecule has 30 heavy (non-hydrogen) atoms. The largest absolute Gasteiger partial charge is 0.504 e. The van der Waals surface area contributed by atoms with Crippen LogP contribution in [0.25, 0.3) is 5.57 Å². The average Bonchev–Trinajstić information content (AvgIpc) is 3.17. The molecule has 2 amide bonds. The highest BCUT2D eigenvalue weighted by Crippen LogP contribution is 2.32. The number of thiazole rings is 1. The van der Waals surface area contributed by atoms with Gasteiger partial charge < -0.3 is 14.9 Å². The van der Waals surface area contributed by atoms with Crippen molar-refractivity contribution in [1.29, 1.82) is 0 Å². The van der Waals surface area contributed by atoms with Gasteiger partial charge in [0.25, 0.3) is 11.8 Å². The molecule has 0 aliphatic carbocycles. The minimum Gasteiger partial charge on any atom is -0.504 e. The summed E-state index contributed by atoms with van der Waals surface area (Å²) in [6.45, 7) is 0. The Kier molecular flexibility index (Phi) is 5.18. The van der Waals surface area contributed by atoms with Crippen LogP contribution in [0, 0.1) is 3.95 Å². The number of aromatic nitrogens is 1. The quantitative estimate of drug-likeness (QED) is 0.468. The molecular weight excluding hydrogens is 494 g/mol. The molecule has 0 saturated carbocycles. The Hall–Kier alpha value is -3.02. The van der Waals surface area contributed by atoms with Gasteiger partial charge in [-0.2, -0.15) is 4.68 Å². The van der Waals surface area contributed by atoms with E-state index < -0.39 is 11.8 Å². The number of methoxy groups -OCH3 is 1. The van der Waals surface area contributed by atoms with E-state index in [-0.39, 0.29) is 37.3 Å². The van der Waals surface area contributed by atoms with Crippen LogP contribution in [-0.4, -0.2) is 33.8 Å². The van der Waals surface area contributed by atoms with Gasteiger partial charge in [-0.15, -0.1) is 0 Å². The van der Waals surface area contributed by atoms with Gasteiger partial charge in [0.1, 0.15) is 4.88 Å². The van der Waals surface area contributed by atoms with Crippen molar-refractivity contribution in [2.45, 2.75) is 0 Å². The van der Waals surface area contributed by atoms with E-state index in [9.17, 15) is 19.8 Å². The van der Waals surface area contributed by atoms with E-state index in [4.69, 9.17) is 17.0 Å². The van der Waals surface area contributed by atoms with Crippen molar-refractivity contribution >= 4 is 56.9 Å². The molecule has 3 aromatic rings. The summed E-state index contributed by atoms with van der Waals surface area (Å²) in [5, 5.41) is 21.4. The number of phenols is 1. The van der Waals surface area contributed by atoms with Gasteiger partial charge in [-0.1, -0.05) is 33.3 Å². The summed E-state index contributed by atoms with van der Waals surface area (Å²) in [5.41, 5.74) is 2.88. The lowest BCUT2D eigenvalue weighted by Gasteiger charge is -2.09. The lowest BCUT2D eigenvalue weighted by Crippen LogP contribution is -2.23. The summed E-state index contributed by atoms with van der Waals surface area (Å²) in [4.78, 5) is 29.3. The molecule has 2 heterocycles. The third-order valence-corrected chi connectivity index (χ3v) is 6.21. The molecule has 1 aliphatic rings. The van der Waals surface area contributed by atoms with Crippen LogP contribution in [0.3, 0.4) is 0 Å². The summed E-state index contributed by atoms with van der Waals surface area (Å²) in [6.07, 6.45) is 0. The van der Waals surface area contributed by atoms with E-state index in [0.29, 0.717) is 10.6 Å². The van der Waals surface area contributed by atoms with E-state index in [2.05, 4.69) is 26.3 Å². The van der Waals surface area contributed by atoms with Gasteiger partial charge in [0.2, 0.25) is 5.88 Å². The Morgan fingerprint density at radius 2 is 2.03 bits per heavy atom. The van der Waals surface area contributed by atoms with E-state index in [1.807, 2.05) is 0 Å². The normalized spacial score (nSPS) is 12.5. The average molecular weight is 506 g/mol. The Morgan fingerprint density at radius 3 is 2.77 bits per heavy atom. The number of carbonyl (C=O) groups excluding carboxylic acids is 2. The van der Waals surface area contributed by atoms with Gasteiger partial charge in [-0.25, -0.2) is 4.99 Å². The van der Waals surface area contributed by atoms with Crippen molar-refractivity contribution in [3.8, 4) is 17.4 Å². The number of rotatable bonds is 4. The van der Waals surface area contributed by atoms with Crippen LogP contribution in [-0.2, 0) is 4.79 Å². The van der Waals surface area contributed by atoms with Crippen molar-refractivity contribution in [3.63, 3.8) is 0 Å². The van der Waals surface area contributed by atoms with Gasteiger partial charge in [-0.3, -0.25) is 15.0 Å². The first-order chi connectivity index (χ1) is 14.3. The molecule has 4 rings (SSSR count). The second-order valence-electron chi connectivity index (χ2n) is 6.14. The van der Waals surface area contributed by atoms with Crippen LogP contribution in [0.1, 0.15) is 15.2 Å². The molecule has 8 nitrogen and oxygen atoms in total. The number of phenolic OH excluding ortho intramolecular Hbond substituents is 1. The summed E-state index contributed by atoms with van der Waals surface area (Å²) >= 11 is 9.58. The molecule has 2 aromatic carbocycles. The Labute approximate surface area is 186 Å². The fourth-order valence-corrected chi connectivity index (χ4v) is 4.53. The lowest BCUT2D eigenvalue weighted by molar-refractivity contribution is -0.112. The minimum absolute atomic E-state index is 0.114. The van der Waals surface area contributed by atoms with Crippen LogP contribution in [0.15, 0.2) is 45.9 Å². The summed E-state index contributed by atoms with van der Waals surface area (Å²) in [7, 11) is 1.36. The fraction of sp³-hybridized carbons (Fsp3) is 0.0526. The maximum Gasteiger partial charge on any atom is 0.279 e. The highest BCUT2D eigenvalue weighted by atomic mass is 79.9. The Morgan fingerprint density at radius 1 is 1.27 bits per heavy atom. The molecule has 0 bridgehead atoms. The predicted molar refractivity (Wildman–Crippen MR) is 116 cm³/mol. The maximum atomic E-state index is 12.6. The predicted octanol–water partition coefficient (Wildman–Crippen LogP) is 2.20. The number of aromatic hydroxyl groups is 2. The molecule has 0 radical (unpaired) electrons. The molecule has 0 unspecified atom stereocenters. The van der Waals surface area contributed by atoms with Gasteiger partial charge in [0, 0.05) is 15.3 Å². The second kappa shape index (κ2) is 7.67. The third-order valence-electron chi connectivity index (χ3n) is 4.33. The van der Waals surface area contributed by atoms with Crippen molar-refractivity contribution in [3.05, 3.63) is 65.8 Å². The molecule has 1 aliphatic heterocycles. The molecule has 3 N–H and O–H groups in total. The zero-order valence-corrected chi connectivity index (χ0v) is 18.4. The molecule has 152 valence electrons. The number of hydrogen-bond donors (Lipinski definition) is 3. The zero-order valence-electron chi connectivity index (χ0n) is 15.2. The number of halogens is 1.